The van der Waals surface area contributed by atoms with E-state index in [4.69, 9.17) is 18.9 Å². The summed E-state index contributed by atoms with van der Waals surface area (Å²) in [6.45, 7) is 1.38. The van der Waals surface area contributed by atoms with Crippen LogP contribution in [0.15, 0.2) is 109 Å². The number of rotatable bonds is 13. The molecule has 0 bridgehead atoms. The second kappa shape index (κ2) is 12.9. The van der Waals surface area contributed by atoms with Gasteiger partial charge in [-0.1, -0.05) is 48.5 Å². The van der Waals surface area contributed by atoms with Gasteiger partial charge in [-0.2, -0.15) is 0 Å². The van der Waals surface area contributed by atoms with Crippen LogP contribution in [0, 0.1) is 0 Å². The molecule has 0 saturated heterocycles. The molecule has 0 saturated carbocycles. The summed E-state index contributed by atoms with van der Waals surface area (Å²) < 4.78 is 23.5. The number of para-hydroxylation sites is 2. The lowest BCUT2D eigenvalue weighted by Crippen LogP contribution is -2.00. The third-order valence-electron chi connectivity index (χ3n) is 5.14. The lowest BCUT2D eigenvalue weighted by atomic mass is 10.2. The van der Waals surface area contributed by atoms with Gasteiger partial charge in [0.05, 0.1) is 13.2 Å². The normalized spacial score (nSPS) is 10.5. The Balaban J connectivity index is 1.09. The summed E-state index contributed by atoms with van der Waals surface area (Å²) in [6.07, 6.45) is 4.20. The summed E-state index contributed by atoms with van der Waals surface area (Å²) in [5.41, 5.74) is 0. The molecule has 0 radical (unpaired) electrons. The summed E-state index contributed by atoms with van der Waals surface area (Å²) in [7, 11) is 0. The van der Waals surface area contributed by atoms with E-state index in [0.717, 1.165) is 60.2 Å². The molecule has 0 aliphatic carbocycles. The number of hydrogen-bond acceptors (Lipinski definition) is 4. The summed E-state index contributed by atoms with van der Waals surface area (Å²) >= 11 is 0. The zero-order valence-corrected chi connectivity index (χ0v) is 19.3. The first-order chi connectivity index (χ1) is 16.8. The second-order valence-electron chi connectivity index (χ2n) is 7.89. The average Bonchev–Trinajstić information content (AvgIpc) is 2.87. The van der Waals surface area contributed by atoms with Crippen LogP contribution >= 0.6 is 0 Å². The summed E-state index contributed by atoms with van der Waals surface area (Å²) in [4.78, 5) is 0. The van der Waals surface area contributed by atoms with Crippen LogP contribution < -0.4 is 18.9 Å². The Kier molecular flexibility index (Phi) is 8.85. The molecule has 174 valence electrons. The monoisotopic (exact) mass is 454 g/mol. The van der Waals surface area contributed by atoms with Gasteiger partial charge < -0.3 is 18.9 Å². The molecule has 34 heavy (non-hydrogen) atoms. The van der Waals surface area contributed by atoms with Crippen LogP contribution in [0.4, 0.5) is 0 Å². The van der Waals surface area contributed by atoms with Crippen molar-refractivity contribution in [1.82, 2.24) is 0 Å². The van der Waals surface area contributed by atoms with Crippen molar-refractivity contribution in [2.24, 2.45) is 0 Å². The van der Waals surface area contributed by atoms with Gasteiger partial charge in [0.1, 0.15) is 34.5 Å². The fourth-order valence-electron chi connectivity index (χ4n) is 3.44. The largest absolute Gasteiger partial charge is 0.493 e. The molecule has 0 amide bonds. The Morgan fingerprint density at radius 1 is 0.353 bits per heavy atom. The van der Waals surface area contributed by atoms with E-state index in [2.05, 4.69) is 0 Å². The van der Waals surface area contributed by atoms with Crippen molar-refractivity contribution < 1.29 is 18.9 Å². The average molecular weight is 455 g/mol. The summed E-state index contributed by atoms with van der Waals surface area (Å²) in [6, 6.07) is 35.1. The second-order valence-corrected chi connectivity index (χ2v) is 7.89. The number of benzene rings is 4. The molecule has 0 spiro atoms. The molecule has 0 heterocycles. The lowest BCUT2D eigenvalue weighted by molar-refractivity contribution is 0.286. The predicted octanol–water partition coefficient (Wildman–Crippen LogP) is 8.29. The molecule has 4 aromatic rings. The molecule has 0 aromatic heterocycles. The SMILES string of the molecule is c1ccc(Oc2cccc(OCCCCCCOc3cccc(Oc4ccccc4)c3)c2)cc1. The maximum Gasteiger partial charge on any atom is 0.131 e. The van der Waals surface area contributed by atoms with Crippen LogP contribution in [-0.4, -0.2) is 13.2 Å². The molecule has 0 unspecified atom stereocenters. The third-order valence-corrected chi connectivity index (χ3v) is 5.14. The Bertz CT molecular complexity index is 1020. The maximum absolute atomic E-state index is 5.90. The van der Waals surface area contributed by atoms with E-state index in [1.807, 2.05) is 109 Å². The molecule has 4 aromatic carbocycles. The topological polar surface area (TPSA) is 36.9 Å². The van der Waals surface area contributed by atoms with Crippen molar-refractivity contribution in [2.45, 2.75) is 25.7 Å². The Labute approximate surface area is 201 Å². The summed E-state index contributed by atoms with van der Waals surface area (Å²) in [5.74, 6) is 4.84. The van der Waals surface area contributed by atoms with Crippen molar-refractivity contribution >= 4 is 0 Å². The fourth-order valence-corrected chi connectivity index (χ4v) is 3.44. The van der Waals surface area contributed by atoms with E-state index in [0.29, 0.717) is 13.2 Å². The van der Waals surface area contributed by atoms with Crippen LogP contribution in [0.25, 0.3) is 0 Å². The molecule has 0 aliphatic rings. The number of hydrogen-bond donors (Lipinski definition) is 0. The zero-order valence-electron chi connectivity index (χ0n) is 19.3. The highest BCUT2D eigenvalue weighted by molar-refractivity contribution is 5.37. The van der Waals surface area contributed by atoms with E-state index >= 15 is 0 Å². The van der Waals surface area contributed by atoms with Gasteiger partial charge in [-0.25, -0.2) is 0 Å². The quantitative estimate of drug-likeness (QED) is 0.190. The smallest absolute Gasteiger partial charge is 0.131 e. The van der Waals surface area contributed by atoms with E-state index in [9.17, 15) is 0 Å². The first-order valence-corrected chi connectivity index (χ1v) is 11.8. The Hall–Kier alpha value is -3.92. The van der Waals surface area contributed by atoms with E-state index in [-0.39, 0.29) is 0 Å². The maximum atomic E-state index is 5.90. The number of ether oxygens (including phenoxy) is 4. The molecule has 0 fully saturated rings. The van der Waals surface area contributed by atoms with Gasteiger partial charge in [0.25, 0.3) is 0 Å². The predicted molar refractivity (Wildman–Crippen MR) is 135 cm³/mol. The van der Waals surface area contributed by atoms with Gasteiger partial charge in [0.2, 0.25) is 0 Å². The molecule has 0 atom stereocenters. The first kappa shape index (κ1) is 23.2. The molecule has 4 nitrogen and oxygen atoms in total. The molecule has 4 rings (SSSR count). The van der Waals surface area contributed by atoms with Crippen molar-refractivity contribution in [3.8, 4) is 34.5 Å². The fraction of sp³-hybridized carbons (Fsp3) is 0.200. The number of unbranched alkanes of at least 4 members (excludes halogenated alkanes) is 3. The van der Waals surface area contributed by atoms with E-state index < -0.39 is 0 Å². The van der Waals surface area contributed by atoms with Gasteiger partial charge in [0.15, 0.2) is 0 Å². The van der Waals surface area contributed by atoms with Crippen molar-refractivity contribution in [1.29, 1.82) is 0 Å². The Morgan fingerprint density at radius 2 is 0.735 bits per heavy atom. The lowest BCUT2D eigenvalue weighted by Gasteiger charge is -2.10. The minimum atomic E-state index is 0.689. The third kappa shape index (κ3) is 7.89. The molecular formula is C30H30O4. The van der Waals surface area contributed by atoms with Gasteiger partial charge >= 0.3 is 0 Å². The van der Waals surface area contributed by atoms with Crippen molar-refractivity contribution in [2.75, 3.05) is 13.2 Å². The molecule has 0 N–H and O–H groups in total. The van der Waals surface area contributed by atoms with Crippen molar-refractivity contribution in [3.63, 3.8) is 0 Å². The highest BCUT2D eigenvalue weighted by atomic mass is 16.5. The van der Waals surface area contributed by atoms with Gasteiger partial charge in [0, 0.05) is 12.1 Å². The minimum Gasteiger partial charge on any atom is -0.493 e. The zero-order chi connectivity index (χ0) is 23.3. The van der Waals surface area contributed by atoms with Crippen LogP contribution in [0.3, 0.4) is 0 Å². The highest BCUT2D eigenvalue weighted by Gasteiger charge is 2.02. The van der Waals surface area contributed by atoms with Crippen molar-refractivity contribution in [3.05, 3.63) is 109 Å². The van der Waals surface area contributed by atoms with Gasteiger partial charge in [-0.3, -0.25) is 0 Å². The summed E-state index contributed by atoms with van der Waals surface area (Å²) in [5, 5.41) is 0. The highest BCUT2D eigenvalue weighted by Crippen LogP contribution is 2.26. The molecule has 0 aliphatic heterocycles. The standard InChI is InChI=1S/C30H30O4/c1(9-21-31-27-17-11-19-29(23-27)33-25-13-5-3-6-14-25)2-10-22-32-28-18-12-20-30(24-28)34-26-15-7-4-8-16-26/h3-8,11-20,23-24H,1-2,9-10,21-22H2. The van der Waals surface area contributed by atoms with Crippen LogP contribution in [0.5, 0.6) is 34.5 Å². The van der Waals surface area contributed by atoms with E-state index in [1.54, 1.807) is 0 Å². The Morgan fingerprint density at radius 3 is 1.18 bits per heavy atom. The minimum absolute atomic E-state index is 0.689. The van der Waals surface area contributed by atoms with E-state index in [1.165, 1.54) is 0 Å². The van der Waals surface area contributed by atoms with Gasteiger partial charge in [-0.05, 0) is 74.2 Å². The van der Waals surface area contributed by atoms with Gasteiger partial charge in [-0.15, -0.1) is 0 Å². The molecule has 4 heteroatoms. The van der Waals surface area contributed by atoms with Crippen LogP contribution in [0.2, 0.25) is 0 Å². The van der Waals surface area contributed by atoms with Crippen LogP contribution in [-0.2, 0) is 0 Å². The van der Waals surface area contributed by atoms with Crippen LogP contribution in [0.1, 0.15) is 25.7 Å². The first-order valence-electron chi connectivity index (χ1n) is 11.8. The molecular weight excluding hydrogens is 424 g/mol.